The van der Waals surface area contributed by atoms with E-state index in [1.807, 2.05) is 6.92 Å². The summed E-state index contributed by atoms with van der Waals surface area (Å²) in [6.45, 7) is 1.85. The molecule has 0 N–H and O–H groups in total. The van der Waals surface area contributed by atoms with E-state index in [4.69, 9.17) is 0 Å². The van der Waals surface area contributed by atoms with Gasteiger partial charge in [-0.3, -0.25) is 14.8 Å². The molecule has 0 fully saturated rings. The smallest absolute Gasteiger partial charge is 0.138 e. The Hall–Kier alpha value is -1.25. The minimum atomic E-state index is 0.200. The van der Waals surface area contributed by atoms with Gasteiger partial charge in [-0.2, -0.15) is 0 Å². The van der Waals surface area contributed by atoms with E-state index < -0.39 is 0 Å². The minimum Gasteiger partial charge on any atom is -0.299 e. The van der Waals surface area contributed by atoms with E-state index in [0.29, 0.717) is 12.8 Å². The quantitative estimate of drug-likeness (QED) is 0.645. The second-order valence-corrected chi connectivity index (χ2v) is 2.27. The van der Waals surface area contributed by atoms with Crippen LogP contribution < -0.4 is 0 Å². The van der Waals surface area contributed by atoms with Crippen molar-refractivity contribution >= 4 is 5.78 Å². The summed E-state index contributed by atoms with van der Waals surface area (Å²) >= 11 is 0. The third-order valence-corrected chi connectivity index (χ3v) is 1.39. The van der Waals surface area contributed by atoms with Crippen molar-refractivity contribution in [2.45, 2.75) is 19.8 Å². The van der Waals surface area contributed by atoms with Crippen molar-refractivity contribution in [2.24, 2.45) is 0 Å². The summed E-state index contributed by atoms with van der Waals surface area (Å²) in [6.07, 6.45) is 5.78. The van der Waals surface area contributed by atoms with Crippen molar-refractivity contribution in [3.05, 3.63) is 24.3 Å². The molecule has 0 aliphatic carbocycles. The predicted octanol–water partition coefficient (Wildman–Crippen LogP) is 0.998. The fraction of sp³-hybridized carbons (Fsp3) is 0.375. The molecule has 0 aromatic carbocycles. The summed E-state index contributed by atoms with van der Waals surface area (Å²) in [6, 6.07) is 0. The number of carbonyl (C=O) groups is 1. The van der Waals surface area contributed by atoms with Gasteiger partial charge in [0.15, 0.2) is 0 Å². The molecular weight excluding hydrogens is 140 g/mol. The molecule has 1 aromatic heterocycles. The molecular formula is C8H10N2O. The normalized spacial score (nSPS) is 9.55. The summed E-state index contributed by atoms with van der Waals surface area (Å²) in [5.41, 5.74) is 0.749. The van der Waals surface area contributed by atoms with Gasteiger partial charge in [0.2, 0.25) is 0 Å². The molecule has 0 radical (unpaired) electrons. The highest BCUT2D eigenvalue weighted by molar-refractivity contribution is 5.79. The van der Waals surface area contributed by atoms with Crippen LogP contribution in [0, 0.1) is 0 Å². The summed E-state index contributed by atoms with van der Waals surface area (Å²) in [4.78, 5) is 18.8. The molecule has 1 rings (SSSR count). The molecule has 3 nitrogen and oxygen atoms in total. The zero-order valence-electron chi connectivity index (χ0n) is 6.45. The number of nitrogens with zero attached hydrogens (tertiary/aromatic N) is 2. The minimum absolute atomic E-state index is 0.200. The third-order valence-electron chi connectivity index (χ3n) is 1.39. The van der Waals surface area contributed by atoms with Crippen LogP contribution >= 0.6 is 0 Å². The molecule has 0 atom stereocenters. The first-order valence-corrected chi connectivity index (χ1v) is 3.59. The summed E-state index contributed by atoms with van der Waals surface area (Å²) in [5, 5.41) is 0. The summed E-state index contributed by atoms with van der Waals surface area (Å²) in [7, 11) is 0. The van der Waals surface area contributed by atoms with Crippen molar-refractivity contribution in [1.29, 1.82) is 0 Å². The van der Waals surface area contributed by atoms with E-state index in [1.165, 1.54) is 0 Å². The topological polar surface area (TPSA) is 42.9 Å². The van der Waals surface area contributed by atoms with Crippen LogP contribution in [0.15, 0.2) is 18.6 Å². The Morgan fingerprint density at radius 2 is 2.36 bits per heavy atom. The van der Waals surface area contributed by atoms with Crippen LogP contribution in [-0.4, -0.2) is 15.8 Å². The Kier molecular flexibility index (Phi) is 2.72. The summed E-state index contributed by atoms with van der Waals surface area (Å²) < 4.78 is 0. The van der Waals surface area contributed by atoms with Crippen LogP contribution in [-0.2, 0) is 11.2 Å². The molecule has 0 aliphatic heterocycles. The van der Waals surface area contributed by atoms with Crippen LogP contribution in [0.1, 0.15) is 19.0 Å². The fourth-order valence-corrected chi connectivity index (χ4v) is 0.748. The lowest BCUT2D eigenvalue weighted by atomic mass is 10.2. The summed E-state index contributed by atoms with van der Waals surface area (Å²) in [5.74, 6) is 0.200. The highest BCUT2D eigenvalue weighted by Crippen LogP contribution is 1.94. The van der Waals surface area contributed by atoms with Gasteiger partial charge in [-0.15, -0.1) is 0 Å². The van der Waals surface area contributed by atoms with Gasteiger partial charge in [-0.1, -0.05) is 6.92 Å². The standard InChI is InChI=1S/C8H10N2O/c1-2-8(11)5-7-6-9-3-4-10-7/h3-4,6H,2,5H2,1H3. The lowest BCUT2D eigenvalue weighted by Crippen LogP contribution is -2.02. The second kappa shape index (κ2) is 3.81. The Labute approximate surface area is 65.5 Å². The average Bonchev–Trinajstić information content (AvgIpc) is 2.06. The van der Waals surface area contributed by atoms with Gasteiger partial charge in [0.25, 0.3) is 0 Å². The third kappa shape index (κ3) is 2.45. The molecule has 0 saturated carbocycles. The number of Topliss-reactive ketones (excluding diaryl/α,β-unsaturated/α-hetero) is 1. The van der Waals surface area contributed by atoms with Crippen molar-refractivity contribution in [1.82, 2.24) is 9.97 Å². The first-order chi connectivity index (χ1) is 5.33. The molecule has 58 valence electrons. The Balaban J connectivity index is 2.58. The van der Waals surface area contributed by atoms with E-state index >= 15 is 0 Å². The molecule has 0 saturated heterocycles. The monoisotopic (exact) mass is 150 g/mol. The predicted molar refractivity (Wildman–Crippen MR) is 41.0 cm³/mol. The molecule has 1 aromatic rings. The Bertz CT molecular complexity index is 233. The second-order valence-electron chi connectivity index (χ2n) is 2.27. The fourth-order valence-electron chi connectivity index (χ4n) is 0.748. The van der Waals surface area contributed by atoms with Gasteiger partial charge in [0.1, 0.15) is 5.78 Å². The van der Waals surface area contributed by atoms with Crippen molar-refractivity contribution in [2.75, 3.05) is 0 Å². The highest BCUT2D eigenvalue weighted by atomic mass is 16.1. The van der Waals surface area contributed by atoms with Gasteiger partial charge in [0.05, 0.1) is 12.1 Å². The van der Waals surface area contributed by atoms with Crippen LogP contribution in [0.5, 0.6) is 0 Å². The molecule has 3 heteroatoms. The van der Waals surface area contributed by atoms with E-state index in [0.717, 1.165) is 5.69 Å². The largest absolute Gasteiger partial charge is 0.299 e. The number of aromatic nitrogens is 2. The molecule has 0 unspecified atom stereocenters. The van der Waals surface area contributed by atoms with E-state index in [2.05, 4.69) is 9.97 Å². The number of hydrogen-bond donors (Lipinski definition) is 0. The van der Waals surface area contributed by atoms with Crippen molar-refractivity contribution < 1.29 is 4.79 Å². The SMILES string of the molecule is CCC(=O)Cc1cnccn1. The maximum absolute atomic E-state index is 10.9. The Morgan fingerprint density at radius 3 is 2.91 bits per heavy atom. The molecule has 11 heavy (non-hydrogen) atoms. The maximum Gasteiger partial charge on any atom is 0.138 e. The molecule has 1 heterocycles. The van der Waals surface area contributed by atoms with Crippen LogP contribution in [0.4, 0.5) is 0 Å². The zero-order valence-corrected chi connectivity index (χ0v) is 6.45. The lowest BCUT2D eigenvalue weighted by molar-refractivity contribution is -0.118. The van der Waals surface area contributed by atoms with Gasteiger partial charge in [-0.05, 0) is 0 Å². The van der Waals surface area contributed by atoms with E-state index in [9.17, 15) is 4.79 Å². The Morgan fingerprint density at radius 1 is 1.55 bits per heavy atom. The average molecular weight is 150 g/mol. The number of hydrogen-bond acceptors (Lipinski definition) is 3. The van der Waals surface area contributed by atoms with Gasteiger partial charge < -0.3 is 0 Å². The number of carbonyl (C=O) groups excluding carboxylic acids is 1. The number of ketones is 1. The van der Waals surface area contributed by atoms with Crippen molar-refractivity contribution in [3.8, 4) is 0 Å². The first-order valence-electron chi connectivity index (χ1n) is 3.59. The van der Waals surface area contributed by atoms with Crippen LogP contribution in [0.2, 0.25) is 0 Å². The maximum atomic E-state index is 10.9. The molecule has 0 spiro atoms. The van der Waals surface area contributed by atoms with Gasteiger partial charge in [-0.25, -0.2) is 0 Å². The van der Waals surface area contributed by atoms with E-state index in [1.54, 1.807) is 18.6 Å². The van der Waals surface area contributed by atoms with Gasteiger partial charge >= 0.3 is 0 Å². The van der Waals surface area contributed by atoms with Crippen LogP contribution in [0.25, 0.3) is 0 Å². The molecule has 0 aliphatic rings. The van der Waals surface area contributed by atoms with Crippen LogP contribution in [0.3, 0.4) is 0 Å². The lowest BCUT2D eigenvalue weighted by Gasteiger charge is -1.94. The van der Waals surface area contributed by atoms with Gasteiger partial charge in [0, 0.05) is 25.0 Å². The molecule has 0 bridgehead atoms. The highest BCUT2D eigenvalue weighted by Gasteiger charge is 2.00. The first kappa shape index (κ1) is 7.85. The van der Waals surface area contributed by atoms with Crippen molar-refractivity contribution in [3.63, 3.8) is 0 Å². The zero-order chi connectivity index (χ0) is 8.10. The molecule has 0 amide bonds. The van der Waals surface area contributed by atoms with E-state index in [-0.39, 0.29) is 5.78 Å². The number of rotatable bonds is 3.